The summed E-state index contributed by atoms with van der Waals surface area (Å²) in [6.07, 6.45) is 9.70. The molecule has 2 heterocycles. The van der Waals surface area contributed by atoms with Gasteiger partial charge in [-0.25, -0.2) is 0 Å². The van der Waals surface area contributed by atoms with E-state index >= 15 is 0 Å². The zero-order valence-corrected chi connectivity index (χ0v) is 13.5. The monoisotopic (exact) mass is 279 g/mol. The van der Waals surface area contributed by atoms with Gasteiger partial charge >= 0.3 is 0 Å². The van der Waals surface area contributed by atoms with Gasteiger partial charge in [-0.05, 0) is 45.1 Å². The highest BCUT2D eigenvalue weighted by Crippen LogP contribution is 2.41. The van der Waals surface area contributed by atoms with Gasteiger partial charge in [0.2, 0.25) is 0 Å². The highest BCUT2D eigenvalue weighted by molar-refractivity contribution is 5.04. The maximum absolute atomic E-state index is 6.33. The molecule has 116 valence electrons. The van der Waals surface area contributed by atoms with Crippen LogP contribution < -0.4 is 5.73 Å². The molecular formula is C17H33N3. The molecule has 1 aliphatic carbocycles. The van der Waals surface area contributed by atoms with E-state index in [9.17, 15) is 0 Å². The summed E-state index contributed by atoms with van der Waals surface area (Å²) in [5.41, 5.74) is 6.63. The number of piperazine rings is 1. The zero-order valence-electron chi connectivity index (χ0n) is 13.5. The van der Waals surface area contributed by atoms with Crippen molar-refractivity contribution in [1.82, 2.24) is 9.80 Å². The average molecular weight is 279 g/mol. The maximum atomic E-state index is 6.33. The van der Waals surface area contributed by atoms with E-state index in [4.69, 9.17) is 5.73 Å². The topological polar surface area (TPSA) is 32.5 Å². The summed E-state index contributed by atoms with van der Waals surface area (Å²) in [6, 6.07) is 1.48. The van der Waals surface area contributed by atoms with Crippen LogP contribution in [-0.4, -0.2) is 53.6 Å². The normalized spacial score (nSPS) is 44.2. The zero-order chi connectivity index (χ0) is 14.2. The van der Waals surface area contributed by atoms with Gasteiger partial charge in [0.25, 0.3) is 0 Å². The number of nitrogens with two attached hydrogens (primary N) is 1. The molecule has 3 aliphatic rings. The second-order valence-electron chi connectivity index (χ2n) is 7.60. The Morgan fingerprint density at radius 1 is 1.05 bits per heavy atom. The fourth-order valence-electron chi connectivity index (χ4n) is 5.22. The van der Waals surface area contributed by atoms with E-state index in [1.165, 1.54) is 64.6 Å². The second kappa shape index (κ2) is 5.94. The van der Waals surface area contributed by atoms with Gasteiger partial charge in [0.1, 0.15) is 0 Å². The fraction of sp³-hybridized carbons (Fsp3) is 1.00. The van der Waals surface area contributed by atoms with Crippen LogP contribution >= 0.6 is 0 Å². The third-order valence-electron chi connectivity index (χ3n) is 6.53. The van der Waals surface area contributed by atoms with Crippen molar-refractivity contribution in [3.63, 3.8) is 0 Å². The molecule has 3 nitrogen and oxygen atoms in total. The molecule has 4 atom stereocenters. The quantitative estimate of drug-likeness (QED) is 0.843. The van der Waals surface area contributed by atoms with Crippen LogP contribution in [0.5, 0.6) is 0 Å². The van der Waals surface area contributed by atoms with Crippen LogP contribution in [0.2, 0.25) is 0 Å². The molecule has 1 saturated carbocycles. The number of fused-ring (bicyclic) bond motifs is 1. The molecule has 0 aromatic heterocycles. The van der Waals surface area contributed by atoms with Gasteiger partial charge in [0.05, 0.1) is 0 Å². The number of nitrogens with zero attached hydrogens (tertiary/aromatic N) is 2. The summed E-state index contributed by atoms with van der Waals surface area (Å²) in [5, 5.41) is 0. The van der Waals surface area contributed by atoms with Gasteiger partial charge in [0, 0.05) is 37.3 Å². The fourth-order valence-corrected chi connectivity index (χ4v) is 5.22. The van der Waals surface area contributed by atoms with Gasteiger partial charge in [-0.2, -0.15) is 0 Å². The molecule has 2 N–H and O–H groups in total. The van der Waals surface area contributed by atoms with Crippen molar-refractivity contribution in [2.24, 2.45) is 11.7 Å². The van der Waals surface area contributed by atoms with Gasteiger partial charge in [-0.15, -0.1) is 0 Å². The first-order valence-corrected chi connectivity index (χ1v) is 8.88. The van der Waals surface area contributed by atoms with Crippen LogP contribution in [-0.2, 0) is 0 Å². The number of hydrogen-bond donors (Lipinski definition) is 1. The van der Waals surface area contributed by atoms with Crippen LogP contribution in [0.15, 0.2) is 0 Å². The van der Waals surface area contributed by atoms with E-state index in [-0.39, 0.29) is 0 Å². The Hall–Kier alpha value is -0.120. The Labute approximate surface area is 124 Å². The van der Waals surface area contributed by atoms with Crippen LogP contribution in [0.3, 0.4) is 0 Å². The van der Waals surface area contributed by atoms with E-state index in [1.54, 1.807) is 0 Å². The molecule has 3 heteroatoms. The predicted octanol–water partition coefficient (Wildman–Crippen LogP) is 2.45. The predicted molar refractivity (Wildman–Crippen MR) is 84.8 cm³/mol. The Bertz CT molecular complexity index is 332. The Morgan fingerprint density at radius 2 is 1.85 bits per heavy atom. The number of hydrogen-bond acceptors (Lipinski definition) is 3. The lowest BCUT2D eigenvalue weighted by Crippen LogP contribution is -2.69. The third kappa shape index (κ3) is 2.42. The molecule has 3 fully saturated rings. The highest BCUT2D eigenvalue weighted by atomic mass is 15.3. The van der Waals surface area contributed by atoms with Crippen molar-refractivity contribution in [1.29, 1.82) is 0 Å². The smallest absolute Gasteiger partial charge is 0.0361 e. The number of rotatable bonds is 2. The van der Waals surface area contributed by atoms with Crippen LogP contribution in [0.25, 0.3) is 0 Å². The molecule has 4 unspecified atom stereocenters. The third-order valence-corrected chi connectivity index (χ3v) is 6.53. The molecule has 20 heavy (non-hydrogen) atoms. The van der Waals surface area contributed by atoms with Crippen LogP contribution in [0, 0.1) is 5.92 Å². The summed E-state index contributed by atoms with van der Waals surface area (Å²) >= 11 is 0. The van der Waals surface area contributed by atoms with Crippen LogP contribution in [0.1, 0.15) is 58.8 Å². The van der Waals surface area contributed by atoms with Gasteiger partial charge in [-0.3, -0.25) is 9.80 Å². The van der Waals surface area contributed by atoms with Gasteiger partial charge in [-0.1, -0.05) is 26.2 Å². The minimum Gasteiger partial charge on any atom is -0.329 e. The Balaban J connectivity index is 1.80. The number of piperidine rings is 1. The van der Waals surface area contributed by atoms with Crippen molar-refractivity contribution in [3.05, 3.63) is 0 Å². The first kappa shape index (κ1) is 14.8. The van der Waals surface area contributed by atoms with Crippen molar-refractivity contribution in [2.45, 2.75) is 76.4 Å². The lowest BCUT2D eigenvalue weighted by Gasteiger charge is -2.58. The van der Waals surface area contributed by atoms with Crippen molar-refractivity contribution < 1.29 is 0 Å². The molecule has 0 aromatic rings. The van der Waals surface area contributed by atoms with E-state index in [0.717, 1.165) is 18.5 Å². The Morgan fingerprint density at radius 3 is 2.60 bits per heavy atom. The van der Waals surface area contributed by atoms with Gasteiger partial charge in [0.15, 0.2) is 0 Å². The molecule has 2 aliphatic heterocycles. The molecule has 3 rings (SSSR count). The van der Waals surface area contributed by atoms with Crippen molar-refractivity contribution in [2.75, 3.05) is 26.2 Å². The second-order valence-corrected chi connectivity index (χ2v) is 7.60. The molecule has 0 radical (unpaired) electrons. The van der Waals surface area contributed by atoms with Crippen molar-refractivity contribution in [3.8, 4) is 0 Å². The molecular weight excluding hydrogens is 246 g/mol. The lowest BCUT2D eigenvalue weighted by molar-refractivity contribution is -0.0784. The molecule has 0 amide bonds. The first-order valence-electron chi connectivity index (χ1n) is 8.88. The summed E-state index contributed by atoms with van der Waals surface area (Å²) in [6.45, 7) is 9.59. The average Bonchev–Trinajstić information content (AvgIpc) is 2.47. The maximum Gasteiger partial charge on any atom is 0.0361 e. The van der Waals surface area contributed by atoms with E-state index in [1.807, 2.05) is 0 Å². The minimum absolute atomic E-state index is 0.293. The molecule has 0 aromatic carbocycles. The molecule has 2 saturated heterocycles. The summed E-state index contributed by atoms with van der Waals surface area (Å²) in [5.74, 6) is 0.763. The first-order chi connectivity index (χ1) is 9.67. The van der Waals surface area contributed by atoms with E-state index in [2.05, 4.69) is 23.6 Å². The molecule has 0 bridgehead atoms. The summed E-state index contributed by atoms with van der Waals surface area (Å²) < 4.78 is 0. The standard InChI is InChI=1S/C17H33N3/c1-14-7-3-5-9-17(14,13-18)20-12-16-8-4-6-10-19(16)11-15(20)2/h14-16H,3-13,18H2,1-2H3. The van der Waals surface area contributed by atoms with Crippen molar-refractivity contribution >= 4 is 0 Å². The highest BCUT2D eigenvalue weighted by Gasteiger charge is 2.47. The lowest BCUT2D eigenvalue weighted by atomic mass is 9.71. The summed E-state index contributed by atoms with van der Waals surface area (Å²) in [4.78, 5) is 5.59. The van der Waals surface area contributed by atoms with Gasteiger partial charge < -0.3 is 5.73 Å². The van der Waals surface area contributed by atoms with E-state index < -0.39 is 0 Å². The largest absolute Gasteiger partial charge is 0.329 e. The summed E-state index contributed by atoms with van der Waals surface area (Å²) in [7, 11) is 0. The minimum atomic E-state index is 0.293. The SMILES string of the molecule is CC1CN2CCCCC2CN1C1(CN)CCCCC1C. The van der Waals surface area contributed by atoms with E-state index in [0.29, 0.717) is 11.6 Å². The van der Waals surface area contributed by atoms with Crippen LogP contribution in [0.4, 0.5) is 0 Å². The molecule has 0 spiro atoms. The Kier molecular flexibility index (Phi) is 4.40.